The molecule has 124 valence electrons. The zero-order chi connectivity index (χ0) is 17.6. The highest BCUT2D eigenvalue weighted by atomic mass is 127. The molecule has 0 bridgehead atoms. The molecule has 0 fully saturated rings. The maximum Gasteiger partial charge on any atom is 0.168 e. The molecule has 2 nitrogen and oxygen atoms in total. The van der Waals surface area contributed by atoms with E-state index in [4.69, 9.17) is 0 Å². The van der Waals surface area contributed by atoms with Gasteiger partial charge >= 0.3 is 0 Å². The molecule has 0 atom stereocenters. The second-order valence-electron chi connectivity index (χ2n) is 7.22. The van der Waals surface area contributed by atoms with Crippen LogP contribution in [0.2, 0.25) is 0 Å². The minimum atomic E-state index is -0.286. The number of halogens is 2. The van der Waals surface area contributed by atoms with Gasteiger partial charge in [0.2, 0.25) is 0 Å². The van der Waals surface area contributed by atoms with Crippen LogP contribution in [0.15, 0.2) is 24.3 Å². The topological polar surface area (TPSA) is 34.1 Å². The summed E-state index contributed by atoms with van der Waals surface area (Å²) in [7, 11) is 0. The third-order valence-corrected chi connectivity index (χ3v) is 4.58. The summed E-state index contributed by atoms with van der Waals surface area (Å²) in [5.74, 6) is 0.524. The summed E-state index contributed by atoms with van der Waals surface area (Å²) in [5.41, 5.74) is 1.65. The van der Waals surface area contributed by atoms with Gasteiger partial charge in [0.25, 0.3) is 0 Å². The predicted octanol–water partition coefficient (Wildman–Crippen LogP) is 5.89. The molecule has 0 amide bonds. The molecule has 1 rings (SSSR count). The van der Waals surface area contributed by atoms with Gasteiger partial charge in [0, 0.05) is 20.8 Å². The Balaban J connectivity index is 0.000000472. The van der Waals surface area contributed by atoms with Crippen LogP contribution in [0.1, 0.15) is 57.5 Å². The lowest BCUT2D eigenvalue weighted by Gasteiger charge is -2.16. The molecule has 0 saturated heterocycles. The number of alkyl halides is 2. The number of rotatable bonds is 3. The monoisotopic (exact) mass is 528 g/mol. The van der Waals surface area contributed by atoms with Crippen LogP contribution in [0.3, 0.4) is 0 Å². The van der Waals surface area contributed by atoms with Crippen molar-refractivity contribution in [2.45, 2.75) is 46.0 Å². The Morgan fingerprint density at radius 2 is 1.32 bits per heavy atom. The van der Waals surface area contributed by atoms with E-state index in [1.807, 2.05) is 65.8 Å². The lowest BCUT2D eigenvalue weighted by molar-refractivity contribution is -0.123. The molecule has 1 aromatic carbocycles. The van der Waals surface area contributed by atoms with Gasteiger partial charge in [-0.05, 0) is 5.56 Å². The van der Waals surface area contributed by atoms with Gasteiger partial charge in [0.1, 0.15) is 5.78 Å². The minimum Gasteiger partial charge on any atom is -0.298 e. The van der Waals surface area contributed by atoms with Gasteiger partial charge in [-0.25, -0.2) is 0 Å². The van der Waals surface area contributed by atoms with Gasteiger partial charge in [-0.15, -0.1) is 0 Å². The van der Waals surface area contributed by atoms with E-state index in [0.717, 1.165) is 9.99 Å². The zero-order valence-electron chi connectivity index (χ0n) is 14.3. The Kier molecular flexibility index (Phi) is 9.36. The lowest BCUT2D eigenvalue weighted by Crippen LogP contribution is -2.20. The smallest absolute Gasteiger partial charge is 0.168 e. The first-order valence-corrected chi connectivity index (χ1v) is 10.3. The number of carbonyl (C=O) groups excluding carboxylic acids is 2. The molecule has 0 heterocycles. The molecule has 0 aliphatic heterocycles. The van der Waals surface area contributed by atoms with Crippen LogP contribution in [0.4, 0.5) is 0 Å². The normalized spacial score (nSPS) is 11.5. The first kappa shape index (κ1) is 22.0. The lowest BCUT2D eigenvalue weighted by atomic mass is 9.86. The highest BCUT2D eigenvalue weighted by molar-refractivity contribution is 14.1. The van der Waals surface area contributed by atoms with Gasteiger partial charge < -0.3 is 0 Å². The molecule has 1 aromatic rings. The second-order valence-corrected chi connectivity index (χ2v) is 8.74. The van der Waals surface area contributed by atoms with Gasteiger partial charge in [-0.2, -0.15) is 0 Å². The van der Waals surface area contributed by atoms with Crippen molar-refractivity contribution < 1.29 is 9.59 Å². The van der Waals surface area contributed by atoms with E-state index in [-0.39, 0.29) is 16.6 Å². The number of ketones is 2. The number of Topliss-reactive ketones (excluding diaryl/α,β-unsaturated/α-hetero) is 2. The van der Waals surface area contributed by atoms with Crippen molar-refractivity contribution in [3.63, 3.8) is 0 Å². The minimum absolute atomic E-state index is 0.138. The van der Waals surface area contributed by atoms with Crippen molar-refractivity contribution in [1.29, 1.82) is 0 Å². The molecule has 0 saturated carbocycles. The third-order valence-electron chi connectivity index (χ3n) is 3.01. The fourth-order valence-electron chi connectivity index (χ4n) is 1.38. The molecule has 0 N–H and O–H groups in total. The van der Waals surface area contributed by atoms with E-state index in [9.17, 15) is 9.59 Å². The summed E-state index contributed by atoms with van der Waals surface area (Å²) in [6, 6.07) is 7.87. The van der Waals surface area contributed by atoms with Crippen LogP contribution >= 0.6 is 45.2 Å². The van der Waals surface area contributed by atoms with Crippen molar-refractivity contribution in [1.82, 2.24) is 0 Å². The molecule has 4 heteroatoms. The molecule has 0 radical (unpaired) electrons. The molecule has 0 unspecified atom stereocenters. The molecule has 0 spiro atoms. The summed E-state index contributed by atoms with van der Waals surface area (Å²) in [6.07, 6.45) is 0. The number of carbonyl (C=O) groups is 2. The van der Waals surface area contributed by atoms with E-state index in [0.29, 0.717) is 10.2 Å². The van der Waals surface area contributed by atoms with E-state index in [2.05, 4.69) is 45.2 Å². The van der Waals surface area contributed by atoms with E-state index in [1.54, 1.807) is 0 Å². The second kappa shape index (κ2) is 9.35. The van der Waals surface area contributed by atoms with E-state index >= 15 is 0 Å². The summed E-state index contributed by atoms with van der Waals surface area (Å²) >= 11 is 4.40. The standard InChI is InChI=1S/C12H15IO.C6H11IO/c1-12(2,3)11(14)10-6-4-9(8-13)5-7-10;1-6(2,3)5(8)4-7/h4-7H,8H2,1-3H3;4H2,1-3H3. The average molecular weight is 528 g/mol. The fourth-order valence-corrected chi connectivity index (χ4v) is 3.03. The summed E-state index contributed by atoms with van der Waals surface area (Å²) in [4.78, 5) is 22.7. The Morgan fingerprint density at radius 1 is 0.864 bits per heavy atom. The van der Waals surface area contributed by atoms with Gasteiger partial charge in [0.05, 0.1) is 4.43 Å². The molecule has 22 heavy (non-hydrogen) atoms. The first-order valence-electron chi connectivity index (χ1n) is 7.22. The van der Waals surface area contributed by atoms with Crippen LogP contribution < -0.4 is 0 Å². The number of hydrogen-bond donors (Lipinski definition) is 0. The van der Waals surface area contributed by atoms with E-state index in [1.165, 1.54) is 5.56 Å². The molecular formula is C18H26I2O2. The maximum atomic E-state index is 11.9. The fraction of sp³-hybridized carbons (Fsp3) is 0.556. The van der Waals surface area contributed by atoms with Crippen LogP contribution in [0.5, 0.6) is 0 Å². The van der Waals surface area contributed by atoms with E-state index < -0.39 is 0 Å². The Bertz CT molecular complexity index is 491. The number of benzene rings is 1. The van der Waals surface area contributed by atoms with Crippen molar-refractivity contribution in [3.05, 3.63) is 35.4 Å². The SMILES string of the molecule is CC(C)(C)C(=O)CI.CC(C)(C)C(=O)c1ccc(CI)cc1. The number of hydrogen-bond acceptors (Lipinski definition) is 2. The first-order chi connectivity index (χ1) is 9.93. The third kappa shape index (κ3) is 8.04. The summed E-state index contributed by atoms with van der Waals surface area (Å²) in [5, 5.41) is 0. The van der Waals surface area contributed by atoms with Crippen molar-refractivity contribution in [3.8, 4) is 0 Å². The Hall–Kier alpha value is 0.0200. The van der Waals surface area contributed by atoms with Gasteiger partial charge in [-0.3, -0.25) is 9.59 Å². The summed E-state index contributed by atoms with van der Waals surface area (Å²) < 4.78 is 1.61. The van der Waals surface area contributed by atoms with Crippen LogP contribution in [-0.4, -0.2) is 16.0 Å². The van der Waals surface area contributed by atoms with Crippen molar-refractivity contribution in [2.24, 2.45) is 10.8 Å². The van der Waals surface area contributed by atoms with Crippen molar-refractivity contribution in [2.75, 3.05) is 4.43 Å². The summed E-state index contributed by atoms with van der Waals surface area (Å²) in [6.45, 7) is 11.7. The Labute approximate surface area is 162 Å². The quantitative estimate of drug-likeness (QED) is 0.279. The predicted molar refractivity (Wildman–Crippen MR) is 111 cm³/mol. The van der Waals surface area contributed by atoms with Crippen LogP contribution in [-0.2, 0) is 9.22 Å². The Morgan fingerprint density at radius 3 is 1.55 bits per heavy atom. The molecular weight excluding hydrogens is 502 g/mol. The maximum absolute atomic E-state index is 11.9. The van der Waals surface area contributed by atoms with Crippen LogP contribution in [0.25, 0.3) is 0 Å². The molecule has 0 aliphatic carbocycles. The molecule has 0 aliphatic rings. The van der Waals surface area contributed by atoms with Gasteiger partial charge in [0.15, 0.2) is 5.78 Å². The highest BCUT2D eigenvalue weighted by Crippen LogP contribution is 2.21. The average Bonchev–Trinajstić information content (AvgIpc) is 2.44. The largest absolute Gasteiger partial charge is 0.298 e. The zero-order valence-corrected chi connectivity index (χ0v) is 18.6. The highest BCUT2D eigenvalue weighted by Gasteiger charge is 2.22. The van der Waals surface area contributed by atoms with Crippen LogP contribution in [0, 0.1) is 10.8 Å². The van der Waals surface area contributed by atoms with Gasteiger partial charge in [-0.1, -0.05) is 111 Å². The van der Waals surface area contributed by atoms with Crippen molar-refractivity contribution >= 4 is 56.7 Å². The molecule has 0 aromatic heterocycles.